The van der Waals surface area contributed by atoms with Crippen LogP contribution in [-0.4, -0.2) is 4.57 Å². The lowest BCUT2D eigenvalue weighted by Crippen LogP contribution is -2.35. The molecule has 0 aliphatic heterocycles. The molecule has 0 bridgehead atoms. The van der Waals surface area contributed by atoms with Gasteiger partial charge in [-0.1, -0.05) is 84.5 Å². The zero-order valence-electron chi connectivity index (χ0n) is 17.6. The van der Waals surface area contributed by atoms with Gasteiger partial charge in [0.05, 0.1) is 13.1 Å². The number of hydrogen-bond donors (Lipinski definition) is 0. The van der Waals surface area contributed by atoms with Crippen molar-refractivity contribution in [3.8, 4) is 0 Å². The first kappa shape index (κ1) is 22.3. The summed E-state index contributed by atoms with van der Waals surface area (Å²) in [5.41, 5.74) is 0. The molecule has 0 unspecified atom stereocenters. The number of aromatic nitrogens is 2. The van der Waals surface area contributed by atoms with E-state index in [-0.39, 0.29) is 0 Å². The fraction of sp³-hybridized carbons (Fsp3) is 0.870. The lowest BCUT2D eigenvalue weighted by molar-refractivity contribution is -0.702. The molecule has 0 aliphatic rings. The average molecular weight is 350 g/mol. The highest BCUT2D eigenvalue weighted by molar-refractivity contribution is 4.79. The van der Waals surface area contributed by atoms with E-state index in [0.29, 0.717) is 0 Å². The highest BCUT2D eigenvalue weighted by Gasteiger charge is 2.11. The molecule has 25 heavy (non-hydrogen) atoms. The number of imidazole rings is 1. The van der Waals surface area contributed by atoms with E-state index in [1.54, 1.807) is 0 Å². The smallest absolute Gasteiger partial charge is 0.234 e. The Morgan fingerprint density at radius 1 is 0.680 bits per heavy atom. The summed E-state index contributed by atoms with van der Waals surface area (Å²) in [6.07, 6.45) is 25.6. The van der Waals surface area contributed by atoms with Crippen molar-refractivity contribution >= 4 is 0 Å². The molecule has 1 heterocycles. The average Bonchev–Trinajstić information content (AvgIpc) is 2.97. The highest BCUT2D eigenvalue weighted by atomic mass is 15.1. The zero-order valence-corrected chi connectivity index (χ0v) is 17.6. The summed E-state index contributed by atoms with van der Waals surface area (Å²) < 4.78 is 4.91. The van der Waals surface area contributed by atoms with E-state index in [2.05, 4.69) is 42.3 Å². The number of unbranched alkanes of at least 4 members (excludes halogenated alkanes) is 13. The standard InChI is InChI=1S/C23H45N2/c1-4-6-8-10-12-13-14-16-18-20-25-22-21-24(23(25)3)19-17-15-11-9-7-5-2/h21-22H,4-20H2,1-3H3/q+1. The first-order chi connectivity index (χ1) is 12.3. The number of hydrogen-bond acceptors (Lipinski definition) is 0. The summed E-state index contributed by atoms with van der Waals surface area (Å²) in [5.74, 6) is 1.44. The van der Waals surface area contributed by atoms with Gasteiger partial charge in [-0.15, -0.1) is 0 Å². The van der Waals surface area contributed by atoms with Crippen molar-refractivity contribution in [1.82, 2.24) is 4.57 Å². The molecule has 0 amide bonds. The van der Waals surface area contributed by atoms with Gasteiger partial charge >= 0.3 is 0 Å². The van der Waals surface area contributed by atoms with E-state index in [4.69, 9.17) is 0 Å². The summed E-state index contributed by atoms with van der Waals surface area (Å²) in [6.45, 7) is 9.26. The Labute approximate surface area is 158 Å². The molecule has 0 radical (unpaired) electrons. The molecule has 1 aromatic heterocycles. The van der Waals surface area contributed by atoms with Gasteiger partial charge in [0, 0.05) is 6.92 Å². The largest absolute Gasteiger partial charge is 0.253 e. The normalized spacial score (nSPS) is 11.3. The number of rotatable bonds is 17. The predicted octanol–water partition coefficient (Wildman–Crippen LogP) is 6.98. The number of aryl methyl sites for hydroxylation is 2. The van der Waals surface area contributed by atoms with Crippen LogP contribution in [0, 0.1) is 6.92 Å². The SMILES string of the molecule is CCCCCCCCCCCn1cc[n+](CCCCCCCC)c1C. The molecule has 0 aliphatic carbocycles. The molecule has 0 saturated heterocycles. The van der Waals surface area contributed by atoms with E-state index in [9.17, 15) is 0 Å². The third kappa shape index (κ3) is 10.7. The Morgan fingerprint density at radius 3 is 1.72 bits per heavy atom. The van der Waals surface area contributed by atoms with Crippen molar-refractivity contribution in [2.45, 2.75) is 130 Å². The molecular weight excluding hydrogens is 304 g/mol. The molecule has 0 aromatic carbocycles. The summed E-state index contributed by atoms with van der Waals surface area (Å²) >= 11 is 0. The molecule has 0 saturated carbocycles. The minimum Gasteiger partial charge on any atom is -0.234 e. The minimum atomic E-state index is 1.20. The van der Waals surface area contributed by atoms with E-state index in [1.807, 2.05) is 0 Å². The maximum Gasteiger partial charge on any atom is 0.253 e. The van der Waals surface area contributed by atoms with Crippen LogP contribution in [0.3, 0.4) is 0 Å². The maximum atomic E-state index is 2.46. The Kier molecular flexibility index (Phi) is 13.8. The van der Waals surface area contributed by atoms with Gasteiger partial charge in [-0.3, -0.25) is 0 Å². The molecule has 2 heteroatoms. The van der Waals surface area contributed by atoms with Crippen LogP contribution < -0.4 is 4.57 Å². The van der Waals surface area contributed by atoms with Gasteiger partial charge in [0.15, 0.2) is 0 Å². The van der Waals surface area contributed by atoms with Crippen LogP contribution in [0.25, 0.3) is 0 Å². The van der Waals surface area contributed by atoms with Crippen LogP contribution in [0.1, 0.15) is 116 Å². The van der Waals surface area contributed by atoms with Gasteiger partial charge in [-0.05, 0) is 25.7 Å². The van der Waals surface area contributed by atoms with Crippen molar-refractivity contribution in [2.75, 3.05) is 0 Å². The van der Waals surface area contributed by atoms with Crippen LogP contribution in [0.4, 0.5) is 0 Å². The molecule has 1 rings (SSSR count). The second-order valence-corrected chi connectivity index (χ2v) is 7.83. The molecular formula is C23H45N2+. The summed E-state index contributed by atoms with van der Waals surface area (Å²) in [6, 6.07) is 0. The molecule has 0 atom stereocenters. The second-order valence-electron chi connectivity index (χ2n) is 7.83. The van der Waals surface area contributed by atoms with Crippen molar-refractivity contribution in [1.29, 1.82) is 0 Å². The predicted molar refractivity (Wildman–Crippen MR) is 110 cm³/mol. The van der Waals surface area contributed by atoms with Gasteiger partial charge < -0.3 is 0 Å². The van der Waals surface area contributed by atoms with E-state index in [1.165, 1.54) is 115 Å². The monoisotopic (exact) mass is 349 g/mol. The molecule has 146 valence electrons. The van der Waals surface area contributed by atoms with Gasteiger partial charge in [0.25, 0.3) is 5.82 Å². The van der Waals surface area contributed by atoms with Crippen LogP contribution in [0.5, 0.6) is 0 Å². The Morgan fingerprint density at radius 2 is 1.16 bits per heavy atom. The second kappa shape index (κ2) is 15.5. The molecule has 2 nitrogen and oxygen atoms in total. The first-order valence-corrected chi connectivity index (χ1v) is 11.3. The highest BCUT2D eigenvalue weighted by Crippen LogP contribution is 2.10. The van der Waals surface area contributed by atoms with Gasteiger partial charge in [-0.25, -0.2) is 9.13 Å². The number of nitrogens with zero attached hydrogens (tertiary/aromatic N) is 2. The van der Waals surface area contributed by atoms with Crippen molar-refractivity contribution in [3.05, 3.63) is 18.2 Å². The first-order valence-electron chi connectivity index (χ1n) is 11.3. The quantitative estimate of drug-likeness (QED) is 0.212. The van der Waals surface area contributed by atoms with E-state index in [0.717, 1.165) is 0 Å². The maximum absolute atomic E-state index is 2.46. The third-order valence-electron chi connectivity index (χ3n) is 5.51. The van der Waals surface area contributed by atoms with E-state index >= 15 is 0 Å². The van der Waals surface area contributed by atoms with Crippen molar-refractivity contribution in [3.63, 3.8) is 0 Å². The molecule has 0 spiro atoms. The zero-order chi connectivity index (χ0) is 18.2. The molecule has 0 N–H and O–H groups in total. The van der Waals surface area contributed by atoms with Crippen molar-refractivity contribution in [2.24, 2.45) is 0 Å². The third-order valence-corrected chi connectivity index (χ3v) is 5.51. The van der Waals surface area contributed by atoms with Gasteiger partial charge in [0.1, 0.15) is 12.4 Å². The van der Waals surface area contributed by atoms with Crippen LogP contribution in [-0.2, 0) is 13.1 Å². The Balaban J connectivity index is 2.06. The lowest BCUT2D eigenvalue weighted by Gasteiger charge is -2.03. The molecule has 0 fully saturated rings. The fourth-order valence-corrected chi connectivity index (χ4v) is 3.67. The lowest BCUT2D eigenvalue weighted by atomic mass is 10.1. The van der Waals surface area contributed by atoms with E-state index < -0.39 is 0 Å². The van der Waals surface area contributed by atoms with Crippen LogP contribution >= 0.6 is 0 Å². The van der Waals surface area contributed by atoms with Crippen LogP contribution in [0.15, 0.2) is 12.4 Å². The Bertz CT molecular complexity index is 408. The summed E-state index contributed by atoms with van der Waals surface area (Å²) in [5, 5.41) is 0. The molecule has 1 aromatic rings. The summed E-state index contributed by atoms with van der Waals surface area (Å²) in [7, 11) is 0. The fourth-order valence-electron chi connectivity index (χ4n) is 3.67. The van der Waals surface area contributed by atoms with Crippen molar-refractivity contribution < 1.29 is 4.57 Å². The topological polar surface area (TPSA) is 8.81 Å². The minimum absolute atomic E-state index is 1.20. The Hall–Kier alpha value is -0.790. The van der Waals surface area contributed by atoms with Gasteiger partial charge in [-0.2, -0.15) is 0 Å². The van der Waals surface area contributed by atoms with Gasteiger partial charge in [0.2, 0.25) is 0 Å². The van der Waals surface area contributed by atoms with Crippen LogP contribution in [0.2, 0.25) is 0 Å². The summed E-state index contributed by atoms with van der Waals surface area (Å²) in [4.78, 5) is 0.